The van der Waals surface area contributed by atoms with Crippen LogP contribution in [0.2, 0.25) is 0 Å². The van der Waals surface area contributed by atoms with E-state index in [1.54, 1.807) is 32.0 Å². The summed E-state index contributed by atoms with van der Waals surface area (Å²) in [4.78, 5) is 34.0. The summed E-state index contributed by atoms with van der Waals surface area (Å²) in [7, 11) is 0. The SMILES string of the molecule is Cc1nc(N2CCOCC2)[nH]c(=O)c1CCC(=O)N[C@@H](C)c1ccccc1F. The number of aromatic nitrogens is 2. The first kappa shape index (κ1) is 20.0. The second-order valence-electron chi connectivity index (χ2n) is 6.86. The zero-order chi connectivity index (χ0) is 20.1. The maximum Gasteiger partial charge on any atom is 0.255 e. The van der Waals surface area contributed by atoms with Crippen LogP contribution in [0.3, 0.4) is 0 Å². The lowest BCUT2D eigenvalue weighted by atomic mass is 10.1. The quantitative estimate of drug-likeness (QED) is 0.789. The van der Waals surface area contributed by atoms with Crippen LogP contribution in [0.25, 0.3) is 0 Å². The molecule has 2 heterocycles. The highest BCUT2D eigenvalue weighted by Crippen LogP contribution is 2.16. The summed E-state index contributed by atoms with van der Waals surface area (Å²) in [6.45, 7) is 6.06. The number of halogens is 1. The van der Waals surface area contributed by atoms with Crippen LogP contribution in [-0.4, -0.2) is 42.2 Å². The number of carbonyl (C=O) groups is 1. The molecule has 28 heavy (non-hydrogen) atoms. The van der Waals surface area contributed by atoms with Crippen molar-refractivity contribution in [3.05, 3.63) is 57.3 Å². The van der Waals surface area contributed by atoms with Gasteiger partial charge in [0.25, 0.3) is 5.56 Å². The number of aromatic amines is 1. The average Bonchev–Trinajstić information content (AvgIpc) is 2.68. The molecule has 0 unspecified atom stereocenters. The molecule has 0 aliphatic carbocycles. The third-order valence-corrected chi connectivity index (χ3v) is 4.87. The molecule has 0 bridgehead atoms. The smallest absolute Gasteiger partial charge is 0.255 e. The van der Waals surface area contributed by atoms with Gasteiger partial charge in [-0.25, -0.2) is 9.37 Å². The number of amides is 1. The Balaban J connectivity index is 1.61. The molecule has 1 aromatic heterocycles. The van der Waals surface area contributed by atoms with Crippen LogP contribution >= 0.6 is 0 Å². The van der Waals surface area contributed by atoms with Crippen molar-refractivity contribution in [2.75, 3.05) is 31.2 Å². The second kappa shape index (κ2) is 8.97. The lowest BCUT2D eigenvalue weighted by molar-refractivity contribution is -0.121. The van der Waals surface area contributed by atoms with E-state index in [0.717, 1.165) is 0 Å². The van der Waals surface area contributed by atoms with Crippen molar-refractivity contribution in [2.45, 2.75) is 32.7 Å². The number of carbonyl (C=O) groups excluding carboxylic acids is 1. The van der Waals surface area contributed by atoms with E-state index in [0.29, 0.717) is 49.1 Å². The van der Waals surface area contributed by atoms with Crippen LogP contribution in [0.1, 0.15) is 36.2 Å². The minimum absolute atomic E-state index is 0.126. The molecule has 1 aliphatic heterocycles. The lowest BCUT2D eigenvalue weighted by Gasteiger charge is -2.27. The Bertz CT molecular complexity index is 893. The van der Waals surface area contributed by atoms with E-state index in [9.17, 15) is 14.0 Å². The van der Waals surface area contributed by atoms with Crippen LogP contribution in [0.4, 0.5) is 10.3 Å². The summed E-state index contributed by atoms with van der Waals surface area (Å²) in [5.41, 5.74) is 1.30. The van der Waals surface area contributed by atoms with E-state index >= 15 is 0 Å². The van der Waals surface area contributed by atoms with E-state index in [1.165, 1.54) is 6.07 Å². The van der Waals surface area contributed by atoms with E-state index in [2.05, 4.69) is 15.3 Å². The molecular formula is C20H25FN4O3. The second-order valence-corrected chi connectivity index (χ2v) is 6.86. The normalized spacial score (nSPS) is 15.3. The summed E-state index contributed by atoms with van der Waals surface area (Å²) in [6, 6.07) is 5.89. The number of hydrogen-bond acceptors (Lipinski definition) is 5. The molecule has 0 radical (unpaired) electrons. The van der Waals surface area contributed by atoms with Gasteiger partial charge in [0.2, 0.25) is 11.9 Å². The first-order valence-electron chi connectivity index (χ1n) is 9.42. The lowest BCUT2D eigenvalue weighted by Crippen LogP contribution is -2.38. The number of hydrogen-bond donors (Lipinski definition) is 2. The minimum atomic E-state index is -0.449. The van der Waals surface area contributed by atoms with Crippen LogP contribution in [0.5, 0.6) is 0 Å². The minimum Gasteiger partial charge on any atom is -0.378 e. The fourth-order valence-electron chi connectivity index (χ4n) is 3.27. The van der Waals surface area contributed by atoms with Crippen molar-refractivity contribution in [1.82, 2.24) is 15.3 Å². The van der Waals surface area contributed by atoms with Crippen molar-refractivity contribution >= 4 is 11.9 Å². The molecule has 0 saturated carbocycles. The molecule has 0 spiro atoms. The highest BCUT2D eigenvalue weighted by atomic mass is 19.1. The van der Waals surface area contributed by atoms with Gasteiger partial charge >= 0.3 is 0 Å². The summed E-state index contributed by atoms with van der Waals surface area (Å²) >= 11 is 0. The Labute approximate surface area is 162 Å². The van der Waals surface area contributed by atoms with Gasteiger partial charge < -0.3 is 15.0 Å². The van der Waals surface area contributed by atoms with Crippen LogP contribution < -0.4 is 15.8 Å². The molecule has 1 fully saturated rings. The van der Waals surface area contributed by atoms with Crippen molar-refractivity contribution in [1.29, 1.82) is 0 Å². The molecule has 3 rings (SSSR count). The average molecular weight is 388 g/mol. The fourth-order valence-corrected chi connectivity index (χ4v) is 3.27. The molecule has 8 heteroatoms. The van der Waals surface area contributed by atoms with Crippen molar-refractivity contribution in [3.63, 3.8) is 0 Å². The number of ether oxygens (including phenoxy) is 1. The van der Waals surface area contributed by atoms with Crippen LogP contribution in [0.15, 0.2) is 29.1 Å². The third-order valence-electron chi connectivity index (χ3n) is 4.87. The molecule has 7 nitrogen and oxygen atoms in total. The summed E-state index contributed by atoms with van der Waals surface area (Å²) in [5.74, 6) is -0.0653. The Morgan fingerprint density at radius 3 is 2.75 bits per heavy atom. The zero-order valence-electron chi connectivity index (χ0n) is 16.1. The predicted octanol–water partition coefficient (Wildman–Crippen LogP) is 1.86. The van der Waals surface area contributed by atoms with E-state index < -0.39 is 6.04 Å². The molecule has 1 aromatic carbocycles. The summed E-state index contributed by atoms with van der Waals surface area (Å²) in [5, 5.41) is 2.78. The van der Waals surface area contributed by atoms with Crippen molar-refractivity contribution in [2.24, 2.45) is 0 Å². The first-order chi connectivity index (χ1) is 13.5. The fraction of sp³-hybridized carbons (Fsp3) is 0.450. The molecule has 150 valence electrons. The van der Waals surface area contributed by atoms with E-state index in [-0.39, 0.29) is 30.1 Å². The molecule has 2 N–H and O–H groups in total. The van der Waals surface area contributed by atoms with Gasteiger partial charge in [-0.3, -0.25) is 14.6 Å². The Morgan fingerprint density at radius 2 is 2.07 bits per heavy atom. The first-order valence-corrected chi connectivity index (χ1v) is 9.42. The maximum absolute atomic E-state index is 13.8. The number of H-pyrrole nitrogens is 1. The number of morpholine rings is 1. The predicted molar refractivity (Wildman–Crippen MR) is 104 cm³/mol. The van der Waals surface area contributed by atoms with Crippen molar-refractivity contribution in [3.8, 4) is 0 Å². The molecule has 1 atom stereocenters. The summed E-state index contributed by atoms with van der Waals surface area (Å²) in [6.07, 6.45) is 0.397. The standard InChI is InChI=1S/C20H25FN4O3/c1-13(15-5-3-4-6-17(15)21)22-18(26)8-7-16-14(2)23-20(24-19(16)27)25-9-11-28-12-10-25/h3-6,13H,7-12H2,1-2H3,(H,22,26)(H,23,24,27)/t13-/m0/s1. The highest BCUT2D eigenvalue weighted by Gasteiger charge is 2.18. The van der Waals surface area contributed by atoms with Gasteiger partial charge in [0.15, 0.2) is 0 Å². The largest absolute Gasteiger partial charge is 0.378 e. The number of rotatable bonds is 6. The summed E-state index contributed by atoms with van der Waals surface area (Å²) < 4.78 is 19.1. The van der Waals surface area contributed by atoms with E-state index in [1.807, 2.05) is 4.90 Å². The van der Waals surface area contributed by atoms with Gasteiger partial charge in [0.05, 0.1) is 19.3 Å². The van der Waals surface area contributed by atoms with Gasteiger partial charge in [-0.15, -0.1) is 0 Å². The van der Waals surface area contributed by atoms with Gasteiger partial charge in [-0.1, -0.05) is 18.2 Å². The van der Waals surface area contributed by atoms with E-state index in [4.69, 9.17) is 4.74 Å². The van der Waals surface area contributed by atoms with Crippen LogP contribution in [-0.2, 0) is 16.0 Å². The van der Waals surface area contributed by atoms with Crippen LogP contribution in [0, 0.1) is 12.7 Å². The third kappa shape index (κ3) is 4.75. The van der Waals surface area contributed by atoms with Crippen molar-refractivity contribution < 1.29 is 13.9 Å². The number of anilines is 1. The Morgan fingerprint density at radius 1 is 1.36 bits per heavy atom. The zero-order valence-corrected chi connectivity index (χ0v) is 16.1. The number of nitrogens with one attached hydrogen (secondary N) is 2. The van der Waals surface area contributed by atoms with Gasteiger partial charge in [0.1, 0.15) is 5.82 Å². The molecule has 1 saturated heterocycles. The molecular weight excluding hydrogens is 363 g/mol. The number of benzene rings is 1. The molecule has 1 amide bonds. The maximum atomic E-state index is 13.8. The van der Waals surface area contributed by atoms with Gasteiger partial charge in [-0.05, 0) is 26.3 Å². The Hall–Kier alpha value is -2.74. The monoisotopic (exact) mass is 388 g/mol. The highest BCUT2D eigenvalue weighted by molar-refractivity contribution is 5.76. The number of nitrogens with zero attached hydrogens (tertiary/aromatic N) is 2. The number of aryl methyl sites for hydroxylation is 1. The van der Waals surface area contributed by atoms with Gasteiger partial charge in [-0.2, -0.15) is 0 Å². The molecule has 1 aliphatic rings. The molecule has 2 aromatic rings. The van der Waals surface area contributed by atoms with Gasteiger partial charge in [0, 0.05) is 36.3 Å². The topological polar surface area (TPSA) is 87.3 Å². The Kier molecular flexibility index (Phi) is 6.41.